The second-order valence-electron chi connectivity index (χ2n) is 8.70. The fraction of sp³-hybridized carbons (Fsp3) is 0.333. The zero-order chi connectivity index (χ0) is 25.9. The molecule has 1 aliphatic rings. The van der Waals surface area contributed by atoms with Crippen molar-refractivity contribution in [3.05, 3.63) is 42.1 Å². The number of anilines is 2. The van der Waals surface area contributed by atoms with Crippen molar-refractivity contribution in [2.45, 2.75) is 31.8 Å². The number of imidazole rings is 1. The highest BCUT2D eigenvalue weighted by atomic mass is 16.5. The average molecular weight is 504 g/mol. The van der Waals surface area contributed by atoms with E-state index in [2.05, 4.69) is 16.5 Å². The first-order valence-electron chi connectivity index (χ1n) is 12.0. The number of benzene rings is 2. The molecule has 2 N–H and O–H groups in total. The average Bonchev–Trinajstić information content (AvgIpc) is 3.67. The third kappa shape index (κ3) is 4.44. The van der Waals surface area contributed by atoms with Gasteiger partial charge >= 0.3 is 0 Å². The first kappa shape index (κ1) is 24.2. The predicted molar refractivity (Wildman–Crippen MR) is 139 cm³/mol. The van der Waals surface area contributed by atoms with Crippen molar-refractivity contribution in [3.8, 4) is 46.1 Å². The maximum absolute atomic E-state index is 9.60. The van der Waals surface area contributed by atoms with Crippen LogP contribution in [0, 0.1) is 11.3 Å². The number of nitrogens with one attached hydrogen (secondary N) is 2. The van der Waals surface area contributed by atoms with Crippen molar-refractivity contribution < 1.29 is 23.7 Å². The van der Waals surface area contributed by atoms with Gasteiger partial charge in [0.05, 0.1) is 34.5 Å². The number of hydrogen-bond acceptors (Lipinski definition) is 8. The standard InChI is InChI=1S/C27H29N5O5/c1-33-21-13-18(9-10-20(21)37-19-7-5-6-8-19)30-27-24(31-26-17(14-28)15-29-32(26)27)16-11-22(34-2)25(36-4)23(12-16)35-3/h9-13,15,19,29-30H,5-8H2,1-4H3. The molecule has 1 saturated carbocycles. The van der Waals surface area contributed by atoms with E-state index in [0.29, 0.717) is 51.3 Å². The van der Waals surface area contributed by atoms with Crippen molar-refractivity contribution in [1.82, 2.24) is 14.6 Å². The summed E-state index contributed by atoms with van der Waals surface area (Å²) in [6, 6.07) is 11.5. The van der Waals surface area contributed by atoms with Crippen LogP contribution in [-0.2, 0) is 0 Å². The minimum atomic E-state index is 0.220. The van der Waals surface area contributed by atoms with Gasteiger partial charge in [0, 0.05) is 23.5 Å². The Morgan fingerprint density at radius 1 is 0.946 bits per heavy atom. The first-order valence-corrected chi connectivity index (χ1v) is 12.0. The SMILES string of the molecule is COc1cc(Nc2c(-c3cc(OC)c(OC)c(OC)c3)nc3c(C#N)c[nH]n23)ccc1OC1CCCC1. The largest absolute Gasteiger partial charge is 0.493 e. The van der Waals surface area contributed by atoms with Gasteiger partial charge in [0.2, 0.25) is 5.75 Å². The number of nitrogens with zero attached hydrogens (tertiary/aromatic N) is 3. The van der Waals surface area contributed by atoms with Crippen LogP contribution < -0.4 is 29.0 Å². The first-order chi connectivity index (χ1) is 18.1. The third-order valence-corrected chi connectivity index (χ3v) is 6.54. The van der Waals surface area contributed by atoms with E-state index in [0.717, 1.165) is 24.3 Å². The maximum atomic E-state index is 9.60. The van der Waals surface area contributed by atoms with Gasteiger partial charge in [-0.25, -0.2) is 9.50 Å². The number of aromatic amines is 1. The van der Waals surface area contributed by atoms with Gasteiger partial charge < -0.3 is 29.0 Å². The summed E-state index contributed by atoms with van der Waals surface area (Å²) in [5.74, 6) is 3.45. The lowest BCUT2D eigenvalue weighted by atomic mass is 10.1. The normalized spacial score (nSPS) is 13.4. The number of H-pyrrole nitrogens is 1. The molecule has 0 atom stereocenters. The summed E-state index contributed by atoms with van der Waals surface area (Å²) in [5, 5.41) is 16.2. The van der Waals surface area contributed by atoms with Crippen molar-refractivity contribution in [2.24, 2.45) is 0 Å². The van der Waals surface area contributed by atoms with E-state index in [-0.39, 0.29) is 6.10 Å². The third-order valence-electron chi connectivity index (χ3n) is 6.54. The highest BCUT2D eigenvalue weighted by molar-refractivity contribution is 5.83. The van der Waals surface area contributed by atoms with Gasteiger partial charge in [0.15, 0.2) is 34.5 Å². The summed E-state index contributed by atoms with van der Waals surface area (Å²) in [6.45, 7) is 0. The van der Waals surface area contributed by atoms with Gasteiger partial charge in [-0.3, -0.25) is 5.10 Å². The predicted octanol–water partition coefficient (Wildman–Crippen LogP) is 5.30. The molecule has 10 heteroatoms. The number of ether oxygens (including phenoxy) is 5. The highest BCUT2D eigenvalue weighted by Crippen LogP contribution is 2.43. The molecule has 2 heterocycles. The molecule has 0 unspecified atom stereocenters. The maximum Gasteiger partial charge on any atom is 0.203 e. The molecule has 4 aromatic rings. The van der Waals surface area contributed by atoms with Crippen LogP contribution in [0.25, 0.3) is 16.9 Å². The topological polar surface area (TPSA) is 115 Å². The van der Waals surface area contributed by atoms with Gasteiger partial charge in [-0.15, -0.1) is 0 Å². The Balaban J connectivity index is 1.58. The zero-order valence-corrected chi connectivity index (χ0v) is 21.3. The molecule has 192 valence electrons. The fourth-order valence-electron chi connectivity index (χ4n) is 4.70. The number of rotatable bonds is 9. The Labute approximate surface area is 214 Å². The molecule has 0 bridgehead atoms. The quantitative estimate of drug-likeness (QED) is 0.316. The lowest BCUT2D eigenvalue weighted by Crippen LogP contribution is -2.11. The van der Waals surface area contributed by atoms with E-state index in [4.69, 9.17) is 28.7 Å². The monoisotopic (exact) mass is 503 g/mol. The van der Waals surface area contributed by atoms with E-state index in [1.165, 1.54) is 12.8 Å². The Morgan fingerprint density at radius 2 is 1.65 bits per heavy atom. The summed E-state index contributed by atoms with van der Waals surface area (Å²) in [6.07, 6.45) is 6.33. The summed E-state index contributed by atoms with van der Waals surface area (Å²) >= 11 is 0. The number of hydrogen-bond donors (Lipinski definition) is 2. The molecule has 1 aliphatic carbocycles. The van der Waals surface area contributed by atoms with Gasteiger partial charge in [-0.05, 0) is 49.9 Å². The van der Waals surface area contributed by atoms with Gasteiger partial charge in [0.1, 0.15) is 17.3 Å². The zero-order valence-electron chi connectivity index (χ0n) is 21.3. The molecule has 2 aromatic heterocycles. The minimum Gasteiger partial charge on any atom is -0.493 e. The van der Waals surface area contributed by atoms with Gasteiger partial charge in [0.25, 0.3) is 0 Å². The van der Waals surface area contributed by atoms with E-state index in [1.54, 1.807) is 39.2 Å². The lowest BCUT2D eigenvalue weighted by Gasteiger charge is -2.17. The molecule has 10 nitrogen and oxygen atoms in total. The van der Waals surface area contributed by atoms with Crippen LogP contribution in [0.3, 0.4) is 0 Å². The van der Waals surface area contributed by atoms with Crippen LogP contribution in [0.4, 0.5) is 11.5 Å². The van der Waals surface area contributed by atoms with E-state index in [1.807, 2.05) is 30.3 Å². The lowest BCUT2D eigenvalue weighted by molar-refractivity contribution is 0.201. The molecule has 1 fully saturated rings. The van der Waals surface area contributed by atoms with Crippen molar-refractivity contribution in [2.75, 3.05) is 33.8 Å². The van der Waals surface area contributed by atoms with Crippen molar-refractivity contribution in [1.29, 1.82) is 5.26 Å². The van der Waals surface area contributed by atoms with Crippen LogP contribution in [0.2, 0.25) is 0 Å². The second kappa shape index (κ2) is 10.2. The molecular weight excluding hydrogens is 474 g/mol. The molecule has 37 heavy (non-hydrogen) atoms. The van der Waals surface area contributed by atoms with Gasteiger partial charge in [-0.1, -0.05) is 0 Å². The number of nitriles is 1. The Bertz CT molecular complexity index is 1440. The molecule has 0 saturated heterocycles. The summed E-state index contributed by atoms with van der Waals surface area (Å²) < 4.78 is 30.1. The number of methoxy groups -OCH3 is 4. The van der Waals surface area contributed by atoms with Crippen molar-refractivity contribution >= 4 is 17.2 Å². The minimum absolute atomic E-state index is 0.220. The molecule has 2 aromatic carbocycles. The van der Waals surface area contributed by atoms with Crippen molar-refractivity contribution in [3.63, 3.8) is 0 Å². The summed E-state index contributed by atoms with van der Waals surface area (Å²) in [4.78, 5) is 4.78. The van der Waals surface area contributed by atoms with E-state index in [9.17, 15) is 5.26 Å². The number of fused-ring (bicyclic) bond motifs is 1. The second-order valence-corrected chi connectivity index (χ2v) is 8.70. The molecule has 0 aliphatic heterocycles. The molecule has 0 radical (unpaired) electrons. The van der Waals surface area contributed by atoms with E-state index < -0.39 is 0 Å². The molecule has 5 rings (SSSR count). The van der Waals surface area contributed by atoms with Crippen LogP contribution in [0.5, 0.6) is 28.7 Å². The summed E-state index contributed by atoms with van der Waals surface area (Å²) in [7, 11) is 6.31. The highest BCUT2D eigenvalue weighted by Gasteiger charge is 2.23. The molecule has 0 spiro atoms. The van der Waals surface area contributed by atoms with Crippen LogP contribution in [0.15, 0.2) is 36.5 Å². The fourth-order valence-corrected chi connectivity index (χ4v) is 4.70. The Hall–Kier alpha value is -4.52. The molecular formula is C27H29N5O5. The van der Waals surface area contributed by atoms with Gasteiger partial charge in [-0.2, -0.15) is 5.26 Å². The molecule has 0 amide bonds. The summed E-state index contributed by atoms with van der Waals surface area (Å²) in [5.41, 5.74) is 2.97. The van der Waals surface area contributed by atoms with Crippen LogP contribution >= 0.6 is 0 Å². The van der Waals surface area contributed by atoms with Crippen LogP contribution in [-0.4, -0.2) is 49.1 Å². The smallest absolute Gasteiger partial charge is 0.203 e. The van der Waals surface area contributed by atoms with E-state index >= 15 is 0 Å². The Kier molecular flexibility index (Phi) is 6.68. The Morgan fingerprint density at radius 3 is 2.27 bits per heavy atom. The number of aromatic nitrogens is 3. The van der Waals surface area contributed by atoms with Crippen LogP contribution in [0.1, 0.15) is 31.2 Å².